The van der Waals surface area contributed by atoms with Crippen LogP contribution in [-0.2, 0) is 23.1 Å². The fourth-order valence-electron chi connectivity index (χ4n) is 2.05. The molecule has 0 unspecified atom stereocenters. The quantitative estimate of drug-likeness (QED) is 0.851. The van der Waals surface area contributed by atoms with Gasteiger partial charge in [-0.05, 0) is 31.5 Å². The van der Waals surface area contributed by atoms with Crippen molar-refractivity contribution >= 4 is 15.7 Å². The number of rotatable bonds is 5. The monoisotopic (exact) mass is 308 g/mol. The molecule has 7 heteroatoms. The first-order valence-electron chi connectivity index (χ1n) is 6.69. The maximum Gasteiger partial charge on any atom is 0.262 e. The molecule has 1 aromatic heterocycles. The Kier molecular flexibility index (Phi) is 4.34. The standard InChI is InChI=1S/C14H20N4O2S/c1-4-18-10-14(16-11(18)2)21(19,20)17(3)9-12-5-7-13(15)8-6-12/h5-8,10H,4,9,15H2,1-3H3. The van der Waals surface area contributed by atoms with Crippen molar-refractivity contribution in [3.8, 4) is 0 Å². The second-order valence-electron chi connectivity index (χ2n) is 4.92. The average molecular weight is 308 g/mol. The van der Waals surface area contributed by atoms with Gasteiger partial charge in [0.25, 0.3) is 10.0 Å². The lowest BCUT2D eigenvalue weighted by molar-refractivity contribution is 0.464. The smallest absolute Gasteiger partial charge is 0.262 e. The molecule has 0 fully saturated rings. The van der Waals surface area contributed by atoms with Gasteiger partial charge < -0.3 is 10.3 Å². The molecule has 114 valence electrons. The van der Waals surface area contributed by atoms with Crippen molar-refractivity contribution in [2.24, 2.45) is 0 Å². The maximum atomic E-state index is 12.5. The molecular weight excluding hydrogens is 288 g/mol. The van der Waals surface area contributed by atoms with E-state index in [-0.39, 0.29) is 11.6 Å². The first kappa shape index (κ1) is 15.5. The second-order valence-corrected chi connectivity index (χ2v) is 6.91. The lowest BCUT2D eigenvalue weighted by atomic mass is 10.2. The van der Waals surface area contributed by atoms with Crippen molar-refractivity contribution in [1.82, 2.24) is 13.9 Å². The molecule has 0 spiro atoms. The summed E-state index contributed by atoms with van der Waals surface area (Å²) >= 11 is 0. The van der Waals surface area contributed by atoms with Crippen LogP contribution in [0.1, 0.15) is 18.3 Å². The first-order valence-corrected chi connectivity index (χ1v) is 8.13. The van der Waals surface area contributed by atoms with E-state index in [9.17, 15) is 8.42 Å². The minimum atomic E-state index is -3.59. The molecule has 0 atom stereocenters. The van der Waals surface area contributed by atoms with Crippen molar-refractivity contribution in [3.63, 3.8) is 0 Å². The topological polar surface area (TPSA) is 81.2 Å². The molecular formula is C14H20N4O2S. The third kappa shape index (κ3) is 3.25. The number of nitrogens with zero attached hydrogens (tertiary/aromatic N) is 3. The van der Waals surface area contributed by atoms with E-state index in [1.165, 1.54) is 4.31 Å². The third-order valence-corrected chi connectivity index (χ3v) is 5.03. The molecule has 2 aromatic rings. The largest absolute Gasteiger partial charge is 0.399 e. The maximum absolute atomic E-state index is 12.5. The molecule has 0 amide bonds. The molecule has 0 saturated carbocycles. The van der Waals surface area contributed by atoms with Crippen molar-refractivity contribution in [2.45, 2.75) is 32.0 Å². The van der Waals surface area contributed by atoms with Crippen LogP contribution in [0.15, 0.2) is 35.5 Å². The number of aryl methyl sites for hydroxylation is 2. The third-order valence-electron chi connectivity index (χ3n) is 3.35. The summed E-state index contributed by atoms with van der Waals surface area (Å²) in [5.41, 5.74) is 7.16. The van der Waals surface area contributed by atoms with E-state index in [0.29, 0.717) is 18.1 Å². The summed E-state index contributed by atoms with van der Waals surface area (Å²) < 4.78 is 28.1. The summed E-state index contributed by atoms with van der Waals surface area (Å²) in [6.07, 6.45) is 1.57. The van der Waals surface area contributed by atoms with Gasteiger partial charge in [-0.2, -0.15) is 4.31 Å². The predicted molar refractivity (Wildman–Crippen MR) is 82.1 cm³/mol. The number of hydrogen-bond acceptors (Lipinski definition) is 4. The number of imidazole rings is 1. The van der Waals surface area contributed by atoms with Crippen LogP contribution in [-0.4, -0.2) is 29.3 Å². The normalized spacial score (nSPS) is 12.0. The fourth-order valence-corrected chi connectivity index (χ4v) is 3.19. The minimum absolute atomic E-state index is 0.0831. The fraction of sp³-hybridized carbons (Fsp3) is 0.357. The SMILES string of the molecule is CCn1cc(S(=O)(=O)N(C)Cc2ccc(N)cc2)nc1C. The number of sulfonamides is 1. The van der Waals surface area contributed by atoms with Gasteiger partial charge in [0.2, 0.25) is 0 Å². The highest BCUT2D eigenvalue weighted by Gasteiger charge is 2.24. The Bertz CT molecular complexity index is 720. The number of nitrogen functional groups attached to an aromatic ring is 1. The Labute approximate surface area is 125 Å². The van der Waals surface area contributed by atoms with Crippen molar-refractivity contribution in [1.29, 1.82) is 0 Å². The van der Waals surface area contributed by atoms with Gasteiger partial charge in [0.1, 0.15) is 5.82 Å². The zero-order valence-corrected chi connectivity index (χ0v) is 13.3. The van der Waals surface area contributed by atoms with E-state index in [1.807, 2.05) is 23.6 Å². The first-order chi connectivity index (χ1) is 9.84. The lowest BCUT2D eigenvalue weighted by Crippen LogP contribution is -2.26. The predicted octanol–water partition coefficient (Wildman–Crippen LogP) is 1.61. The molecule has 0 radical (unpaired) electrons. The van der Waals surface area contributed by atoms with E-state index in [0.717, 1.165) is 5.56 Å². The molecule has 1 aromatic carbocycles. The summed E-state index contributed by atoms with van der Waals surface area (Å²) in [6, 6.07) is 7.14. The highest BCUT2D eigenvalue weighted by Crippen LogP contribution is 2.17. The molecule has 0 saturated heterocycles. The molecule has 2 rings (SSSR count). The molecule has 2 N–H and O–H groups in total. The van der Waals surface area contributed by atoms with Crippen LogP contribution in [0.2, 0.25) is 0 Å². The Morgan fingerprint density at radius 2 is 1.90 bits per heavy atom. The van der Waals surface area contributed by atoms with Gasteiger partial charge in [0.05, 0.1) is 0 Å². The summed E-state index contributed by atoms with van der Waals surface area (Å²) in [6.45, 7) is 4.71. The number of benzene rings is 1. The zero-order valence-electron chi connectivity index (χ0n) is 12.4. The van der Waals surface area contributed by atoms with Crippen LogP contribution in [0.3, 0.4) is 0 Å². The van der Waals surface area contributed by atoms with Crippen LogP contribution in [0, 0.1) is 6.92 Å². The van der Waals surface area contributed by atoms with Gasteiger partial charge in [-0.1, -0.05) is 12.1 Å². The Balaban J connectivity index is 2.23. The van der Waals surface area contributed by atoms with Crippen molar-refractivity contribution in [2.75, 3.05) is 12.8 Å². The summed E-state index contributed by atoms with van der Waals surface area (Å²) in [5.74, 6) is 0.692. The summed E-state index contributed by atoms with van der Waals surface area (Å²) in [4.78, 5) is 4.14. The summed E-state index contributed by atoms with van der Waals surface area (Å²) in [5, 5.41) is 0.0831. The number of hydrogen-bond donors (Lipinski definition) is 1. The van der Waals surface area contributed by atoms with Crippen LogP contribution < -0.4 is 5.73 Å². The van der Waals surface area contributed by atoms with E-state index >= 15 is 0 Å². The zero-order chi connectivity index (χ0) is 15.6. The van der Waals surface area contributed by atoms with Gasteiger partial charge in [-0.15, -0.1) is 0 Å². The number of anilines is 1. The molecule has 1 heterocycles. The molecule has 21 heavy (non-hydrogen) atoms. The van der Waals surface area contributed by atoms with Crippen LogP contribution in [0.4, 0.5) is 5.69 Å². The molecule has 0 bridgehead atoms. The molecule has 6 nitrogen and oxygen atoms in total. The number of nitrogens with two attached hydrogens (primary N) is 1. The highest BCUT2D eigenvalue weighted by molar-refractivity contribution is 7.89. The molecule has 0 aliphatic rings. The number of aromatic nitrogens is 2. The molecule has 0 aliphatic carbocycles. The van der Waals surface area contributed by atoms with Gasteiger partial charge in [0, 0.05) is 32.0 Å². The van der Waals surface area contributed by atoms with Crippen LogP contribution in [0.5, 0.6) is 0 Å². The van der Waals surface area contributed by atoms with E-state index in [4.69, 9.17) is 5.73 Å². The Hall–Kier alpha value is -1.86. The average Bonchev–Trinajstić information content (AvgIpc) is 2.83. The highest BCUT2D eigenvalue weighted by atomic mass is 32.2. The van der Waals surface area contributed by atoms with Crippen LogP contribution in [0.25, 0.3) is 0 Å². The van der Waals surface area contributed by atoms with Gasteiger partial charge in [0.15, 0.2) is 5.03 Å². The van der Waals surface area contributed by atoms with Gasteiger partial charge in [-0.3, -0.25) is 0 Å². The Morgan fingerprint density at radius 3 is 2.43 bits per heavy atom. The van der Waals surface area contributed by atoms with E-state index in [2.05, 4.69) is 4.98 Å². The van der Waals surface area contributed by atoms with Gasteiger partial charge >= 0.3 is 0 Å². The second kappa shape index (κ2) is 5.87. The summed E-state index contributed by atoms with van der Waals surface area (Å²) in [7, 11) is -2.04. The van der Waals surface area contributed by atoms with E-state index in [1.54, 1.807) is 32.3 Å². The minimum Gasteiger partial charge on any atom is -0.399 e. The van der Waals surface area contributed by atoms with Gasteiger partial charge in [-0.25, -0.2) is 13.4 Å². The molecule has 0 aliphatic heterocycles. The van der Waals surface area contributed by atoms with E-state index < -0.39 is 10.0 Å². The lowest BCUT2D eigenvalue weighted by Gasteiger charge is -2.15. The Morgan fingerprint density at radius 1 is 1.29 bits per heavy atom. The van der Waals surface area contributed by atoms with Crippen molar-refractivity contribution < 1.29 is 8.42 Å². The van der Waals surface area contributed by atoms with Crippen molar-refractivity contribution in [3.05, 3.63) is 41.9 Å². The van der Waals surface area contributed by atoms with Crippen LogP contribution >= 0.6 is 0 Å².